The molecular formula is C31H35Cl3N8O5. The van der Waals surface area contributed by atoms with Gasteiger partial charge >= 0.3 is 0 Å². The predicted octanol–water partition coefficient (Wildman–Crippen LogP) is 3.96. The minimum absolute atomic E-state index is 0. The lowest BCUT2D eigenvalue weighted by molar-refractivity contribution is 0.101. The van der Waals surface area contributed by atoms with Crippen LogP contribution in [-0.4, -0.2) is 66.2 Å². The van der Waals surface area contributed by atoms with Crippen molar-refractivity contribution < 1.29 is 23.8 Å². The number of aromatic nitrogens is 3. The zero-order chi connectivity index (χ0) is 30.9. The first kappa shape index (κ1) is 38.7. The summed E-state index contributed by atoms with van der Waals surface area (Å²) in [5.74, 6) is 0.485. The van der Waals surface area contributed by atoms with Gasteiger partial charge in [0, 0.05) is 54.7 Å². The van der Waals surface area contributed by atoms with Crippen LogP contribution in [-0.2, 0) is 0 Å². The molecule has 16 heteroatoms. The van der Waals surface area contributed by atoms with Gasteiger partial charge in [0.25, 0.3) is 11.8 Å². The molecule has 0 aliphatic carbocycles. The van der Waals surface area contributed by atoms with Gasteiger partial charge in [-0.2, -0.15) is 0 Å². The summed E-state index contributed by atoms with van der Waals surface area (Å²) in [6, 6.07) is 20.8. The smallest absolute Gasteiger partial charge is 0.275 e. The topological polar surface area (TPSA) is 203 Å². The van der Waals surface area contributed by atoms with E-state index in [1.807, 2.05) is 36.4 Å². The number of amides is 2. The molecular weight excluding hydrogens is 671 g/mol. The van der Waals surface area contributed by atoms with E-state index in [9.17, 15) is 9.59 Å². The first-order valence-electron chi connectivity index (χ1n) is 13.9. The quantitative estimate of drug-likeness (QED) is 0.119. The molecule has 0 bridgehead atoms. The van der Waals surface area contributed by atoms with Gasteiger partial charge in [0.2, 0.25) is 0 Å². The summed E-state index contributed by atoms with van der Waals surface area (Å²) in [6.45, 7) is 1.60. The lowest BCUT2D eigenvalue weighted by Crippen LogP contribution is -2.20. The van der Waals surface area contributed by atoms with E-state index >= 15 is 0 Å². The Morgan fingerprint density at radius 3 is 1.40 bits per heavy atom. The molecule has 0 fully saturated rings. The van der Waals surface area contributed by atoms with E-state index in [-0.39, 0.29) is 92.4 Å². The zero-order valence-electron chi connectivity index (χ0n) is 25.0. The number of carbonyl (C=O) groups excluding carboxylic acids is 2. The van der Waals surface area contributed by atoms with Crippen LogP contribution in [0.25, 0.3) is 21.8 Å². The molecule has 2 amide bonds. The highest BCUT2D eigenvalue weighted by molar-refractivity contribution is 6.07. The number of pyridine rings is 3. The van der Waals surface area contributed by atoms with Gasteiger partial charge in [-0.25, -0.2) is 15.0 Å². The van der Waals surface area contributed by atoms with Gasteiger partial charge in [0.05, 0.1) is 11.0 Å². The normalized spacial score (nSPS) is 10.2. The SMILES string of the molecule is Cl.Cl.Cl.NCCOc1cc(C(=O)Nc2cc(OCCN)c3ccccc3n2)nc(C(=O)Nc2cc(OCCN)c3ccccc3n2)c1. The van der Waals surface area contributed by atoms with Gasteiger partial charge in [-0.3, -0.25) is 9.59 Å². The van der Waals surface area contributed by atoms with E-state index < -0.39 is 11.8 Å². The fourth-order valence-electron chi connectivity index (χ4n) is 4.35. The van der Waals surface area contributed by atoms with Crippen LogP contribution in [0.4, 0.5) is 11.6 Å². The number of para-hydroxylation sites is 2. The van der Waals surface area contributed by atoms with Crippen molar-refractivity contribution in [3.8, 4) is 17.2 Å². The van der Waals surface area contributed by atoms with Crippen LogP contribution in [0, 0.1) is 0 Å². The summed E-state index contributed by atoms with van der Waals surface area (Å²) in [5.41, 5.74) is 17.9. The van der Waals surface area contributed by atoms with Crippen molar-refractivity contribution in [2.45, 2.75) is 0 Å². The number of fused-ring (bicyclic) bond motifs is 2. The molecule has 5 aromatic rings. The number of hydrogen-bond acceptors (Lipinski definition) is 11. The van der Waals surface area contributed by atoms with Crippen LogP contribution in [0.2, 0.25) is 0 Å². The lowest BCUT2D eigenvalue weighted by Gasteiger charge is -2.13. The monoisotopic (exact) mass is 704 g/mol. The Kier molecular flexibility index (Phi) is 15.3. The minimum Gasteiger partial charge on any atom is -0.492 e. The van der Waals surface area contributed by atoms with Gasteiger partial charge in [-0.1, -0.05) is 24.3 Å². The van der Waals surface area contributed by atoms with Gasteiger partial charge in [0.1, 0.15) is 60.1 Å². The van der Waals surface area contributed by atoms with Crippen molar-refractivity contribution in [3.63, 3.8) is 0 Å². The first-order valence-corrected chi connectivity index (χ1v) is 13.9. The number of ether oxygens (including phenoxy) is 3. The Bertz CT molecular complexity index is 1690. The van der Waals surface area contributed by atoms with Crippen LogP contribution >= 0.6 is 37.2 Å². The molecule has 0 aliphatic heterocycles. The van der Waals surface area contributed by atoms with Crippen molar-refractivity contribution in [1.29, 1.82) is 0 Å². The fraction of sp³-hybridized carbons (Fsp3) is 0.194. The number of hydrogen-bond donors (Lipinski definition) is 5. The lowest BCUT2D eigenvalue weighted by atomic mass is 10.2. The largest absolute Gasteiger partial charge is 0.492 e. The summed E-state index contributed by atoms with van der Waals surface area (Å²) in [4.78, 5) is 40.2. The molecule has 3 aromatic heterocycles. The Labute approximate surface area is 289 Å². The number of benzene rings is 2. The molecule has 47 heavy (non-hydrogen) atoms. The molecule has 0 atom stereocenters. The van der Waals surface area contributed by atoms with E-state index in [1.165, 1.54) is 12.1 Å². The van der Waals surface area contributed by atoms with Crippen molar-refractivity contribution in [2.24, 2.45) is 17.2 Å². The number of nitrogens with one attached hydrogen (secondary N) is 2. The van der Waals surface area contributed by atoms with Gasteiger partial charge in [0.15, 0.2) is 0 Å². The van der Waals surface area contributed by atoms with E-state index in [0.29, 0.717) is 35.6 Å². The van der Waals surface area contributed by atoms with Gasteiger partial charge in [-0.15, -0.1) is 37.2 Å². The third-order valence-corrected chi connectivity index (χ3v) is 6.24. The van der Waals surface area contributed by atoms with E-state index in [4.69, 9.17) is 31.4 Å². The summed E-state index contributed by atoms with van der Waals surface area (Å²) in [7, 11) is 0. The first-order chi connectivity index (χ1) is 21.5. The predicted molar refractivity (Wildman–Crippen MR) is 189 cm³/mol. The molecule has 0 saturated heterocycles. The number of halogens is 3. The molecule has 0 aliphatic rings. The molecule has 2 aromatic carbocycles. The Morgan fingerprint density at radius 2 is 0.979 bits per heavy atom. The maximum atomic E-state index is 13.4. The second-order valence-corrected chi connectivity index (χ2v) is 9.44. The maximum Gasteiger partial charge on any atom is 0.275 e. The molecule has 8 N–H and O–H groups in total. The Morgan fingerprint density at radius 1 is 0.574 bits per heavy atom. The Hall–Kier alpha value is -4.50. The molecule has 0 unspecified atom stereocenters. The summed E-state index contributed by atoms with van der Waals surface area (Å²) in [5, 5.41) is 7.02. The summed E-state index contributed by atoms with van der Waals surface area (Å²) in [6.07, 6.45) is 0. The molecule has 5 rings (SSSR count). The van der Waals surface area contributed by atoms with Crippen LogP contribution in [0.15, 0.2) is 72.8 Å². The highest BCUT2D eigenvalue weighted by Crippen LogP contribution is 2.29. The van der Waals surface area contributed by atoms with Crippen molar-refractivity contribution in [3.05, 3.63) is 84.2 Å². The summed E-state index contributed by atoms with van der Waals surface area (Å²) < 4.78 is 17.2. The van der Waals surface area contributed by atoms with E-state index in [0.717, 1.165) is 10.8 Å². The van der Waals surface area contributed by atoms with Crippen LogP contribution in [0.5, 0.6) is 17.2 Å². The average molecular weight is 706 g/mol. The van der Waals surface area contributed by atoms with Crippen LogP contribution in [0.1, 0.15) is 21.0 Å². The van der Waals surface area contributed by atoms with Crippen LogP contribution in [0.3, 0.4) is 0 Å². The van der Waals surface area contributed by atoms with E-state index in [2.05, 4.69) is 25.6 Å². The molecule has 0 radical (unpaired) electrons. The number of anilines is 2. The average Bonchev–Trinajstić information content (AvgIpc) is 3.04. The van der Waals surface area contributed by atoms with Crippen molar-refractivity contribution in [2.75, 3.05) is 50.1 Å². The highest BCUT2D eigenvalue weighted by atomic mass is 35.5. The van der Waals surface area contributed by atoms with Gasteiger partial charge in [-0.05, 0) is 24.3 Å². The van der Waals surface area contributed by atoms with E-state index in [1.54, 1.807) is 24.3 Å². The maximum absolute atomic E-state index is 13.4. The molecule has 0 spiro atoms. The van der Waals surface area contributed by atoms with Crippen LogP contribution < -0.4 is 42.0 Å². The Balaban J connectivity index is 0.00000256. The zero-order valence-corrected chi connectivity index (χ0v) is 27.5. The number of carbonyl (C=O) groups is 2. The molecule has 0 saturated carbocycles. The minimum atomic E-state index is -0.619. The number of nitrogens with zero attached hydrogens (tertiary/aromatic N) is 3. The van der Waals surface area contributed by atoms with Crippen molar-refractivity contribution >= 4 is 82.5 Å². The standard InChI is InChI=1S/C31H32N8O5.3ClH/c32-9-12-42-19-15-24(30(40)38-28-17-26(43-13-10-33)20-5-1-3-7-22(20)36-28)35-25(16-19)31(41)39-29-18-27(44-14-11-34)21-6-2-4-8-23(21)37-29;;;/h1-8,15-18H,9-14,32-34H2,(H,36,38,40)(H,37,39,41);3*1H. The third kappa shape index (κ3) is 9.75. The molecule has 13 nitrogen and oxygen atoms in total. The molecule has 3 heterocycles. The fourth-order valence-corrected chi connectivity index (χ4v) is 4.35. The van der Waals surface area contributed by atoms with Crippen molar-refractivity contribution in [1.82, 2.24) is 15.0 Å². The summed E-state index contributed by atoms with van der Waals surface area (Å²) >= 11 is 0. The second kappa shape index (κ2) is 18.6. The number of rotatable bonds is 13. The molecule has 250 valence electrons. The number of nitrogens with two attached hydrogens (primary N) is 3. The van der Waals surface area contributed by atoms with Gasteiger partial charge < -0.3 is 42.0 Å². The highest BCUT2D eigenvalue weighted by Gasteiger charge is 2.19. The third-order valence-electron chi connectivity index (χ3n) is 6.24. The second-order valence-electron chi connectivity index (χ2n) is 9.44.